The highest BCUT2D eigenvalue weighted by Crippen LogP contribution is 2.26. The van der Waals surface area contributed by atoms with E-state index in [-0.39, 0.29) is 11.8 Å². The molecule has 0 saturated carbocycles. The summed E-state index contributed by atoms with van der Waals surface area (Å²) in [5.74, 6) is 0.194. The number of hydrogen-bond acceptors (Lipinski definition) is 3. The molecule has 0 aromatic heterocycles. The van der Waals surface area contributed by atoms with Crippen molar-refractivity contribution in [3.05, 3.63) is 28.8 Å². The number of amides is 1. The van der Waals surface area contributed by atoms with E-state index in [0.29, 0.717) is 11.6 Å². The quantitative estimate of drug-likeness (QED) is 0.832. The third-order valence-electron chi connectivity index (χ3n) is 3.66. The van der Waals surface area contributed by atoms with Crippen LogP contribution in [0.3, 0.4) is 0 Å². The number of hydrogen-bond donors (Lipinski definition) is 2. The second-order valence-corrected chi connectivity index (χ2v) is 5.40. The molecule has 1 aliphatic heterocycles. The molecule has 0 radical (unpaired) electrons. The van der Waals surface area contributed by atoms with E-state index in [0.717, 1.165) is 37.2 Å². The van der Waals surface area contributed by atoms with Gasteiger partial charge >= 0.3 is 0 Å². The van der Waals surface area contributed by atoms with Gasteiger partial charge in [-0.1, -0.05) is 17.7 Å². The molecule has 1 unspecified atom stereocenters. The van der Waals surface area contributed by atoms with E-state index in [9.17, 15) is 4.79 Å². The summed E-state index contributed by atoms with van der Waals surface area (Å²) in [5, 5.41) is 3.42. The zero-order valence-corrected chi connectivity index (χ0v) is 11.9. The number of nitrogens with one attached hydrogen (secondary N) is 1. The Morgan fingerprint density at radius 3 is 3.05 bits per heavy atom. The summed E-state index contributed by atoms with van der Waals surface area (Å²) in [6.45, 7) is 2.46. The molecule has 1 heterocycles. The number of carbonyl (C=O) groups is 1. The van der Waals surface area contributed by atoms with Crippen molar-refractivity contribution in [2.45, 2.75) is 19.4 Å². The van der Waals surface area contributed by atoms with Crippen LogP contribution in [0.5, 0.6) is 0 Å². The number of piperidine rings is 1. The number of anilines is 1. The molecule has 19 heavy (non-hydrogen) atoms. The summed E-state index contributed by atoms with van der Waals surface area (Å²) in [6, 6.07) is 5.57. The number of nitrogens with zero attached hydrogens (tertiary/aromatic N) is 1. The first kappa shape index (κ1) is 14.2. The van der Waals surface area contributed by atoms with Crippen molar-refractivity contribution in [3.63, 3.8) is 0 Å². The van der Waals surface area contributed by atoms with Crippen LogP contribution >= 0.6 is 11.6 Å². The Balaban J connectivity index is 2.05. The van der Waals surface area contributed by atoms with E-state index in [2.05, 4.69) is 10.2 Å². The first-order chi connectivity index (χ1) is 9.11. The molecule has 2 rings (SSSR count). The lowest BCUT2D eigenvalue weighted by atomic mass is 9.96. The summed E-state index contributed by atoms with van der Waals surface area (Å²) in [4.78, 5) is 14.0. The van der Waals surface area contributed by atoms with Crippen LogP contribution in [0, 0.1) is 5.92 Å². The van der Waals surface area contributed by atoms with Crippen LogP contribution in [0.2, 0.25) is 5.02 Å². The minimum Gasteiger partial charge on any atom is -0.398 e. The lowest BCUT2D eigenvalue weighted by Gasteiger charge is -2.32. The Morgan fingerprint density at radius 1 is 1.58 bits per heavy atom. The molecule has 1 aromatic carbocycles. The molecular weight excluding hydrogens is 262 g/mol. The summed E-state index contributed by atoms with van der Waals surface area (Å²) in [6.07, 6.45) is 1.98. The van der Waals surface area contributed by atoms with Gasteiger partial charge in [-0.25, -0.2) is 0 Å². The van der Waals surface area contributed by atoms with Crippen LogP contribution in [0.4, 0.5) is 5.69 Å². The van der Waals surface area contributed by atoms with E-state index in [4.69, 9.17) is 17.3 Å². The van der Waals surface area contributed by atoms with E-state index < -0.39 is 0 Å². The van der Waals surface area contributed by atoms with Gasteiger partial charge in [0.05, 0.1) is 5.92 Å². The first-order valence-corrected chi connectivity index (χ1v) is 6.96. The Morgan fingerprint density at radius 2 is 2.37 bits per heavy atom. The summed E-state index contributed by atoms with van der Waals surface area (Å²) in [5.41, 5.74) is 7.65. The number of nitrogens with two attached hydrogens (primary N) is 1. The van der Waals surface area contributed by atoms with Gasteiger partial charge in [-0.3, -0.25) is 9.69 Å². The fourth-order valence-electron chi connectivity index (χ4n) is 2.58. The Labute approximate surface area is 118 Å². The smallest absolute Gasteiger partial charge is 0.224 e. The first-order valence-electron chi connectivity index (χ1n) is 6.58. The fraction of sp³-hybridized carbons (Fsp3) is 0.500. The van der Waals surface area contributed by atoms with Gasteiger partial charge in [0.25, 0.3) is 0 Å². The molecule has 104 valence electrons. The molecule has 1 amide bonds. The third-order valence-corrected chi connectivity index (χ3v) is 4.01. The SMILES string of the molecule is CNC(=O)C1CCCN(Cc2c(N)cccc2Cl)C1. The van der Waals surface area contributed by atoms with Gasteiger partial charge in [-0.05, 0) is 31.5 Å². The van der Waals surface area contributed by atoms with Crippen molar-refractivity contribution in [3.8, 4) is 0 Å². The lowest BCUT2D eigenvalue weighted by molar-refractivity contribution is -0.126. The molecule has 3 N–H and O–H groups in total. The molecule has 0 bridgehead atoms. The van der Waals surface area contributed by atoms with Crippen LogP contribution < -0.4 is 11.1 Å². The van der Waals surface area contributed by atoms with Crippen molar-refractivity contribution in [1.82, 2.24) is 10.2 Å². The minimum absolute atomic E-state index is 0.0717. The van der Waals surface area contributed by atoms with Gasteiger partial charge in [-0.15, -0.1) is 0 Å². The van der Waals surface area contributed by atoms with Crippen molar-refractivity contribution < 1.29 is 4.79 Å². The molecule has 1 atom stereocenters. The monoisotopic (exact) mass is 281 g/mol. The number of carbonyl (C=O) groups excluding carboxylic acids is 1. The molecule has 0 aliphatic carbocycles. The molecular formula is C14H20ClN3O. The maximum atomic E-state index is 11.7. The van der Waals surface area contributed by atoms with Crippen LogP contribution in [0.15, 0.2) is 18.2 Å². The largest absolute Gasteiger partial charge is 0.398 e. The normalized spacial score (nSPS) is 20.2. The van der Waals surface area contributed by atoms with Gasteiger partial charge in [-0.2, -0.15) is 0 Å². The van der Waals surface area contributed by atoms with Crippen LogP contribution in [0.25, 0.3) is 0 Å². The van der Waals surface area contributed by atoms with Crippen LogP contribution in [0.1, 0.15) is 18.4 Å². The molecule has 1 saturated heterocycles. The van der Waals surface area contributed by atoms with Gasteiger partial charge in [0.1, 0.15) is 0 Å². The number of nitrogen functional groups attached to an aromatic ring is 1. The molecule has 4 nitrogen and oxygen atoms in total. The third kappa shape index (κ3) is 3.39. The molecule has 1 fully saturated rings. The predicted octanol–water partition coefficient (Wildman–Crippen LogP) is 1.88. The Kier molecular flexibility index (Phi) is 4.66. The second-order valence-electron chi connectivity index (χ2n) is 5.00. The van der Waals surface area contributed by atoms with Gasteiger partial charge < -0.3 is 11.1 Å². The number of likely N-dealkylation sites (tertiary alicyclic amines) is 1. The summed E-state index contributed by atoms with van der Waals surface area (Å²) >= 11 is 6.19. The van der Waals surface area contributed by atoms with Gasteiger partial charge in [0, 0.05) is 36.4 Å². The van der Waals surface area contributed by atoms with Crippen molar-refractivity contribution in [2.24, 2.45) is 5.92 Å². The van der Waals surface area contributed by atoms with E-state index >= 15 is 0 Å². The molecule has 1 aliphatic rings. The zero-order valence-electron chi connectivity index (χ0n) is 11.2. The topological polar surface area (TPSA) is 58.4 Å². The predicted molar refractivity (Wildman–Crippen MR) is 77.9 cm³/mol. The Bertz CT molecular complexity index is 444. The van der Waals surface area contributed by atoms with Crippen molar-refractivity contribution in [1.29, 1.82) is 0 Å². The highest BCUT2D eigenvalue weighted by atomic mass is 35.5. The standard InChI is InChI=1S/C14H20ClN3O/c1-17-14(19)10-4-3-7-18(8-10)9-11-12(15)5-2-6-13(11)16/h2,5-6,10H,3-4,7-9,16H2,1H3,(H,17,19). The van der Waals surface area contributed by atoms with Crippen molar-refractivity contribution in [2.75, 3.05) is 25.9 Å². The average Bonchev–Trinajstić information content (AvgIpc) is 2.42. The highest BCUT2D eigenvalue weighted by Gasteiger charge is 2.25. The van der Waals surface area contributed by atoms with E-state index in [1.54, 1.807) is 7.05 Å². The lowest BCUT2D eigenvalue weighted by Crippen LogP contribution is -2.41. The van der Waals surface area contributed by atoms with Crippen LogP contribution in [-0.2, 0) is 11.3 Å². The van der Waals surface area contributed by atoms with Gasteiger partial charge in [0.15, 0.2) is 0 Å². The Hall–Kier alpha value is -1.26. The summed E-state index contributed by atoms with van der Waals surface area (Å²) in [7, 11) is 1.69. The number of halogens is 1. The van der Waals surface area contributed by atoms with E-state index in [1.807, 2.05) is 18.2 Å². The maximum absolute atomic E-state index is 11.7. The minimum atomic E-state index is 0.0717. The molecule has 5 heteroatoms. The number of rotatable bonds is 3. The summed E-state index contributed by atoms with van der Waals surface area (Å²) < 4.78 is 0. The maximum Gasteiger partial charge on any atom is 0.224 e. The molecule has 0 spiro atoms. The number of benzene rings is 1. The van der Waals surface area contributed by atoms with Crippen molar-refractivity contribution >= 4 is 23.2 Å². The van der Waals surface area contributed by atoms with Gasteiger partial charge in [0.2, 0.25) is 5.91 Å². The van der Waals surface area contributed by atoms with E-state index in [1.165, 1.54) is 0 Å². The highest BCUT2D eigenvalue weighted by molar-refractivity contribution is 6.31. The van der Waals surface area contributed by atoms with Crippen LogP contribution in [-0.4, -0.2) is 30.9 Å². The fourth-order valence-corrected chi connectivity index (χ4v) is 2.82. The molecule has 1 aromatic rings. The second kappa shape index (κ2) is 6.26. The average molecular weight is 282 g/mol. The zero-order chi connectivity index (χ0) is 13.8.